The van der Waals surface area contributed by atoms with Crippen molar-refractivity contribution in [2.75, 3.05) is 20.8 Å². The molecule has 0 saturated carbocycles. The first kappa shape index (κ1) is 20.4. The highest BCUT2D eigenvalue weighted by molar-refractivity contribution is 5.92. The average molecular weight is 408 g/mol. The smallest absolute Gasteiger partial charge is 0.148 e. The van der Waals surface area contributed by atoms with Crippen LogP contribution < -0.4 is 0 Å². The molecule has 5 nitrogen and oxygen atoms in total. The molecule has 1 aromatic carbocycles. The molecule has 2 heterocycles. The van der Waals surface area contributed by atoms with Crippen LogP contribution in [0.15, 0.2) is 23.3 Å². The van der Waals surface area contributed by atoms with Gasteiger partial charge in [0.25, 0.3) is 0 Å². The van der Waals surface area contributed by atoms with Crippen LogP contribution in [0.25, 0.3) is 16.6 Å². The van der Waals surface area contributed by atoms with E-state index in [4.69, 9.17) is 9.72 Å². The Kier molecular flexibility index (Phi) is 5.52. The third kappa shape index (κ3) is 3.25. The number of hydrogen-bond donors (Lipinski definition) is 0. The second kappa shape index (κ2) is 8.11. The fourth-order valence-electron chi connectivity index (χ4n) is 4.68. The highest BCUT2D eigenvalue weighted by Crippen LogP contribution is 2.41. The first-order valence-corrected chi connectivity index (χ1v) is 10.2. The summed E-state index contributed by atoms with van der Waals surface area (Å²) in [6.45, 7) is 2.68. The van der Waals surface area contributed by atoms with Crippen molar-refractivity contribution in [3.8, 4) is 0 Å². The monoisotopic (exact) mass is 408 g/mol. The number of aryl methyl sites for hydroxylation is 2. The number of ether oxygens (including phenoxy) is 1. The molecule has 156 valence electrons. The van der Waals surface area contributed by atoms with Gasteiger partial charge in [0, 0.05) is 49.7 Å². The van der Waals surface area contributed by atoms with Crippen LogP contribution in [0, 0.1) is 12.7 Å². The van der Waals surface area contributed by atoms with Crippen LogP contribution in [-0.2, 0) is 33.7 Å². The van der Waals surface area contributed by atoms with Gasteiger partial charge in [0.15, 0.2) is 0 Å². The molecule has 0 bridgehead atoms. The van der Waals surface area contributed by atoms with E-state index in [1.165, 1.54) is 18.7 Å². The van der Waals surface area contributed by atoms with E-state index in [2.05, 4.69) is 4.90 Å². The number of allylic oxidation sites excluding steroid dienone is 2. The molecule has 0 atom stereocenters. The van der Waals surface area contributed by atoms with Crippen molar-refractivity contribution in [3.63, 3.8) is 0 Å². The molecular formula is C24H25FN2O3. The van der Waals surface area contributed by atoms with Crippen molar-refractivity contribution >= 4 is 29.2 Å². The molecule has 0 saturated heterocycles. The number of aldehydes is 2. The molecule has 0 unspecified atom stereocenters. The summed E-state index contributed by atoms with van der Waals surface area (Å²) in [6, 6.07) is 1.53. The number of benzene rings is 1. The Morgan fingerprint density at radius 2 is 2.00 bits per heavy atom. The number of nitrogens with zero attached hydrogens (tertiary/aromatic N) is 2. The van der Waals surface area contributed by atoms with E-state index in [1.54, 1.807) is 0 Å². The van der Waals surface area contributed by atoms with E-state index in [0.29, 0.717) is 23.2 Å². The van der Waals surface area contributed by atoms with Gasteiger partial charge >= 0.3 is 0 Å². The lowest BCUT2D eigenvalue weighted by molar-refractivity contribution is -0.107. The van der Waals surface area contributed by atoms with Crippen LogP contribution in [0.4, 0.5) is 4.39 Å². The molecule has 4 rings (SSSR count). The van der Waals surface area contributed by atoms with E-state index in [1.807, 2.05) is 20.0 Å². The molecule has 0 radical (unpaired) electrons. The highest BCUT2D eigenvalue weighted by atomic mass is 19.1. The van der Waals surface area contributed by atoms with Gasteiger partial charge in [-0.25, -0.2) is 9.37 Å². The Morgan fingerprint density at radius 3 is 2.70 bits per heavy atom. The van der Waals surface area contributed by atoms with Gasteiger partial charge in [-0.05, 0) is 54.5 Å². The summed E-state index contributed by atoms with van der Waals surface area (Å²) in [7, 11) is 3.48. The van der Waals surface area contributed by atoms with E-state index in [-0.39, 0.29) is 18.8 Å². The van der Waals surface area contributed by atoms with Crippen molar-refractivity contribution in [2.24, 2.45) is 0 Å². The third-order valence-corrected chi connectivity index (χ3v) is 6.19. The van der Waals surface area contributed by atoms with Gasteiger partial charge in [0.1, 0.15) is 18.4 Å². The Bertz CT molecular complexity index is 1120. The van der Waals surface area contributed by atoms with Gasteiger partial charge in [-0.15, -0.1) is 0 Å². The number of methoxy groups -OCH3 is 1. The summed E-state index contributed by atoms with van der Waals surface area (Å²) in [4.78, 5) is 29.7. The molecule has 6 heteroatoms. The number of carbonyl (C=O) groups is 2. The molecule has 0 amide bonds. The van der Waals surface area contributed by atoms with Crippen molar-refractivity contribution < 1.29 is 18.7 Å². The second-order valence-electron chi connectivity index (χ2n) is 7.98. The van der Waals surface area contributed by atoms with E-state index in [9.17, 15) is 14.0 Å². The predicted octanol–water partition coefficient (Wildman–Crippen LogP) is 3.69. The molecular weight excluding hydrogens is 383 g/mol. The standard InChI is InChI=1S/C24H25FN2O3/c1-14-17-5-4-6-18-19-11-27(2)22(9-15(7-8-28)16(12-29)13-30-3)24(19)26-21(23(17)18)10-20(14)25/h8-10,12H,4-7,11,13H2,1-3H3/b16-15+,22-9-. The lowest BCUT2D eigenvalue weighted by atomic mass is 9.85. The first-order chi connectivity index (χ1) is 14.5. The van der Waals surface area contributed by atoms with Crippen LogP contribution in [0.2, 0.25) is 0 Å². The van der Waals surface area contributed by atoms with Gasteiger partial charge in [0.05, 0.1) is 23.5 Å². The normalized spacial score (nSPS) is 17.3. The molecule has 1 aliphatic carbocycles. The van der Waals surface area contributed by atoms with Crippen LogP contribution in [-0.4, -0.2) is 43.2 Å². The SMILES string of the molecule is COC/C(C=O)=C(/C=C1/c2nc3cc(F)c(C)c4c3c(c2CN1C)CCC4)CC=O. The number of aromatic nitrogens is 1. The quantitative estimate of drug-likeness (QED) is 0.539. The first-order valence-electron chi connectivity index (χ1n) is 10.2. The summed E-state index contributed by atoms with van der Waals surface area (Å²) in [5, 5.41) is 1.10. The maximum absolute atomic E-state index is 14.6. The third-order valence-electron chi connectivity index (χ3n) is 6.19. The summed E-state index contributed by atoms with van der Waals surface area (Å²) >= 11 is 0. The molecule has 30 heavy (non-hydrogen) atoms. The molecule has 0 spiro atoms. The number of hydrogen-bond acceptors (Lipinski definition) is 5. The summed E-state index contributed by atoms with van der Waals surface area (Å²) < 4.78 is 19.7. The number of carbonyl (C=O) groups excluding carboxylic acids is 2. The summed E-state index contributed by atoms with van der Waals surface area (Å²) in [5.41, 5.74) is 7.58. The summed E-state index contributed by atoms with van der Waals surface area (Å²) in [6.07, 6.45) is 6.29. The summed E-state index contributed by atoms with van der Waals surface area (Å²) in [5.74, 6) is -0.223. The van der Waals surface area contributed by atoms with Crippen LogP contribution in [0.1, 0.15) is 40.8 Å². The average Bonchev–Trinajstić information content (AvgIpc) is 3.05. The number of rotatable bonds is 6. The van der Waals surface area contributed by atoms with Crippen LogP contribution in [0.3, 0.4) is 0 Å². The Morgan fingerprint density at radius 1 is 1.23 bits per heavy atom. The lowest BCUT2D eigenvalue weighted by Crippen LogP contribution is -2.10. The molecule has 1 aliphatic heterocycles. The van der Waals surface area contributed by atoms with E-state index in [0.717, 1.165) is 65.3 Å². The van der Waals surface area contributed by atoms with E-state index >= 15 is 0 Å². The maximum Gasteiger partial charge on any atom is 0.148 e. The minimum atomic E-state index is -0.223. The second-order valence-corrected chi connectivity index (χ2v) is 7.98. The number of fused-ring (bicyclic) bond motifs is 2. The zero-order valence-corrected chi connectivity index (χ0v) is 17.5. The maximum atomic E-state index is 14.6. The number of pyridine rings is 1. The minimum Gasteiger partial charge on any atom is -0.380 e. The van der Waals surface area contributed by atoms with Gasteiger partial charge < -0.3 is 14.4 Å². The molecule has 1 aromatic heterocycles. The van der Waals surface area contributed by atoms with Crippen molar-refractivity contribution in [2.45, 2.75) is 39.2 Å². The molecule has 0 N–H and O–H groups in total. The number of halogens is 1. The Labute approximate surface area is 175 Å². The van der Waals surface area contributed by atoms with Crippen LogP contribution in [0.5, 0.6) is 0 Å². The minimum absolute atomic E-state index is 0.114. The van der Waals surface area contributed by atoms with Crippen molar-refractivity contribution in [3.05, 3.63) is 57.1 Å². The largest absolute Gasteiger partial charge is 0.380 e. The van der Waals surface area contributed by atoms with Crippen LogP contribution >= 0.6 is 0 Å². The zero-order valence-electron chi connectivity index (χ0n) is 17.5. The predicted molar refractivity (Wildman–Crippen MR) is 114 cm³/mol. The topological polar surface area (TPSA) is 59.5 Å². The van der Waals surface area contributed by atoms with Gasteiger partial charge in [0.2, 0.25) is 0 Å². The lowest BCUT2D eigenvalue weighted by Gasteiger charge is -2.21. The van der Waals surface area contributed by atoms with Gasteiger partial charge in [-0.3, -0.25) is 4.79 Å². The fraction of sp³-hybridized carbons (Fsp3) is 0.375. The highest BCUT2D eigenvalue weighted by Gasteiger charge is 2.30. The van der Waals surface area contributed by atoms with Crippen molar-refractivity contribution in [1.29, 1.82) is 0 Å². The fourth-order valence-corrected chi connectivity index (χ4v) is 4.68. The van der Waals surface area contributed by atoms with E-state index < -0.39 is 0 Å². The molecule has 2 aliphatic rings. The molecule has 2 aromatic rings. The Hall–Kier alpha value is -2.86. The zero-order chi connectivity index (χ0) is 21.4. The van der Waals surface area contributed by atoms with Crippen molar-refractivity contribution in [1.82, 2.24) is 9.88 Å². The molecule has 0 fully saturated rings. The van der Waals surface area contributed by atoms with Gasteiger partial charge in [-0.1, -0.05) is 0 Å². The van der Waals surface area contributed by atoms with Gasteiger partial charge in [-0.2, -0.15) is 0 Å². The Balaban J connectivity index is 1.96.